The first-order valence-corrected chi connectivity index (χ1v) is 6.95. The van der Waals surface area contributed by atoms with Gasteiger partial charge in [0, 0.05) is 18.3 Å². The van der Waals surface area contributed by atoms with Crippen molar-refractivity contribution < 1.29 is 9.53 Å². The van der Waals surface area contributed by atoms with Crippen molar-refractivity contribution >= 4 is 17.5 Å². The molecular weight excluding hydrogens is 290 g/mol. The van der Waals surface area contributed by atoms with Crippen LogP contribution in [0.5, 0.6) is 5.88 Å². The zero-order valence-electron chi connectivity index (χ0n) is 11.8. The van der Waals surface area contributed by atoms with Crippen molar-refractivity contribution in [1.82, 2.24) is 15.3 Å². The minimum absolute atomic E-state index is 0.0175. The van der Waals surface area contributed by atoms with E-state index in [0.29, 0.717) is 12.4 Å². The average Bonchev–Trinajstić information content (AvgIpc) is 2.45. The summed E-state index contributed by atoms with van der Waals surface area (Å²) in [6.45, 7) is 4.16. The Morgan fingerprint density at radius 3 is 2.86 bits per heavy atom. The number of carbonyl (C=O) groups excluding carboxylic acids is 1. The maximum atomic E-state index is 12.0. The Kier molecular flexibility index (Phi) is 5.11. The Bertz CT molecular complexity index is 632. The standard InChI is InChI=1S/C15H16ClN3O2/c1-10(2)21-15-11(5-4-8-17-15)9-18-14(20)12-6-3-7-13(16)19-12/h3-8,10H,9H2,1-2H3,(H,18,20). The predicted octanol–water partition coefficient (Wildman–Crippen LogP) is 2.85. The van der Waals surface area contributed by atoms with Crippen LogP contribution in [-0.2, 0) is 6.54 Å². The van der Waals surface area contributed by atoms with Crippen LogP contribution in [0.2, 0.25) is 5.15 Å². The van der Waals surface area contributed by atoms with Crippen LogP contribution in [0.3, 0.4) is 0 Å². The van der Waals surface area contributed by atoms with Crippen LogP contribution in [0.15, 0.2) is 36.5 Å². The molecule has 1 amide bonds. The van der Waals surface area contributed by atoms with Gasteiger partial charge in [-0.3, -0.25) is 4.79 Å². The van der Waals surface area contributed by atoms with Crippen LogP contribution in [0, 0.1) is 0 Å². The van der Waals surface area contributed by atoms with Gasteiger partial charge in [-0.2, -0.15) is 0 Å². The second kappa shape index (κ2) is 7.04. The lowest BCUT2D eigenvalue weighted by atomic mass is 10.2. The van der Waals surface area contributed by atoms with Crippen molar-refractivity contribution in [1.29, 1.82) is 0 Å². The molecule has 0 radical (unpaired) electrons. The van der Waals surface area contributed by atoms with Crippen molar-refractivity contribution in [2.45, 2.75) is 26.5 Å². The number of carbonyl (C=O) groups is 1. The van der Waals surface area contributed by atoms with Gasteiger partial charge in [0.25, 0.3) is 5.91 Å². The molecule has 1 N–H and O–H groups in total. The topological polar surface area (TPSA) is 64.1 Å². The third-order valence-electron chi connectivity index (χ3n) is 2.58. The van der Waals surface area contributed by atoms with Gasteiger partial charge in [-0.15, -0.1) is 0 Å². The molecule has 0 saturated heterocycles. The van der Waals surface area contributed by atoms with Gasteiger partial charge in [-0.05, 0) is 32.0 Å². The molecule has 0 aliphatic heterocycles. The monoisotopic (exact) mass is 305 g/mol. The van der Waals surface area contributed by atoms with Gasteiger partial charge in [0.15, 0.2) is 0 Å². The molecule has 21 heavy (non-hydrogen) atoms. The summed E-state index contributed by atoms with van der Waals surface area (Å²) in [6.07, 6.45) is 1.67. The lowest BCUT2D eigenvalue weighted by Crippen LogP contribution is -2.24. The molecule has 2 aromatic rings. The maximum absolute atomic E-state index is 12.0. The first-order chi connectivity index (χ1) is 10.1. The summed E-state index contributed by atoms with van der Waals surface area (Å²) in [7, 11) is 0. The van der Waals surface area contributed by atoms with E-state index in [4.69, 9.17) is 16.3 Å². The molecule has 0 atom stereocenters. The van der Waals surface area contributed by atoms with E-state index in [1.807, 2.05) is 19.9 Å². The molecule has 0 aliphatic rings. The van der Waals surface area contributed by atoms with Crippen LogP contribution in [0.25, 0.3) is 0 Å². The van der Waals surface area contributed by atoms with Crippen molar-refractivity contribution in [3.8, 4) is 5.88 Å². The number of pyridine rings is 2. The highest BCUT2D eigenvalue weighted by Crippen LogP contribution is 2.15. The normalized spacial score (nSPS) is 10.5. The number of hydrogen-bond acceptors (Lipinski definition) is 4. The van der Waals surface area contributed by atoms with E-state index in [-0.39, 0.29) is 22.9 Å². The Labute approximate surface area is 128 Å². The third-order valence-corrected chi connectivity index (χ3v) is 2.79. The highest BCUT2D eigenvalue weighted by atomic mass is 35.5. The van der Waals surface area contributed by atoms with E-state index in [1.165, 1.54) is 0 Å². The van der Waals surface area contributed by atoms with E-state index in [2.05, 4.69) is 15.3 Å². The highest BCUT2D eigenvalue weighted by Gasteiger charge is 2.10. The molecule has 2 heterocycles. The number of hydrogen-bond donors (Lipinski definition) is 1. The molecule has 0 aliphatic carbocycles. The van der Waals surface area contributed by atoms with Crippen LogP contribution in [0.1, 0.15) is 29.9 Å². The fraction of sp³-hybridized carbons (Fsp3) is 0.267. The molecule has 5 nitrogen and oxygen atoms in total. The summed E-state index contributed by atoms with van der Waals surface area (Å²) in [4.78, 5) is 20.1. The van der Waals surface area contributed by atoms with Crippen molar-refractivity contribution in [2.24, 2.45) is 0 Å². The number of nitrogens with one attached hydrogen (secondary N) is 1. The van der Waals surface area contributed by atoms with Crippen molar-refractivity contribution in [2.75, 3.05) is 0 Å². The molecule has 0 aromatic carbocycles. The van der Waals surface area contributed by atoms with E-state index in [0.717, 1.165) is 5.56 Å². The molecule has 0 saturated carbocycles. The molecule has 6 heteroatoms. The zero-order valence-corrected chi connectivity index (χ0v) is 12.6. The smallest absolute Gasteiger partial charge is 0.270 e. The number of halogens is 1. The highest BCUT2D eigenvalue weighted by molar-refractivity contribution is 6.29. The maximum Gasteiger partial charge on any atom is 0.270 e. The SMILES string of the molecule is CC(C)Oc1ncccc1CNC(=O)c1cccc(Cl)n1. The molecule has 0 fully saturated rings. The number of ether oxygens (including phenoxy) is 1. The summed E-state index contributed by atoms with van der Waals surface area (Å²) in [5.41, 5.74) is 1.08. The number of rotatable bonds is 5. The van der Waals surface area contributed by atoms with Crippen LogP contribution in [0.4, 0.5) is 0 Å². The minimum atomic E-state index is -0.295. The molecule has 2 rings (SSSR count). The fourth-order valence-electron chi connectivity index (χ4n) is 1.69. The van der Waals surface area contributed by atoms with E-state index >= 15 is 0 Å². The van der Waals surface area contributed by atoms with E-state index < -0.39 is 0 Å². The summed E-state index contributed by atoms with van der Waals surface area (Å²) in [6, 6.07) is 8.56. The number of aromatic nitrogens is 2. The van der Waals surface area contributed by atoms with Gasteiger partial charge in [-0.1, -0.05) is 23.7 Å². The van der Waals surface area contributed by atoms with Gasteiger partial charge < -0.3 is 10.1 Å². The molecular formula is C15H16ClN3O2. The van der Waals surface area contributed by atoms with Gasteiger partial charge in [0.1, 0.15) is 10.8 Å². The molecule has 0 unspecified atom stereocenters. The van der Waals surface area contributed by atoms with Gasteiger partial charge in [0.05, 0.1) is 6.10 Å². The van der Waals surface area contributed by atoms with Gasteiger partial charge in [0.2, 0.25) is 5.88 Å². The zero-order chi connectivity index (χ0) is 15.2. The quantitative estimate of drug-likeness (QED) is 0.863. The summed E-state index contributed by atoms with van der Waals surface area (Å²) in [5, 5.41) is 3.06. The Hall–Kier alpha value is -2.14. The summed E-state index contributed by atoms with van der Waals surface area (Å²) < 4.78 is 5.60. The van der Waals surface area contributed by atoms with E-state index in [1.54, 1.807) is 30.5 Å². The Morgan fingerprint density at radius 1 is 1.33 bits per heavy atom. The van der Waals surface area contributed by atoms with Crippen LogP contribution >= 0.6 is 11.6 Å². The lowest BCUT2D eigenvalue weighted by Gasteiger charge is -2.13. The van der Waals surface area contributed by atoms with E-state index in [9.17, 15) is 4.79 Å². The first kappa shape index (κ1) is 15.3. The van der Waals surface area contributed by atoms with Gasteiger partial charge in [-0.25, -0.2) is 9.97 Å². The van der Waals surface area contributed by atoms with Gasteiger partial charge >= 0.3 is 0 Å². The first-order valence-electron chi connectivity index (χ1n) is 6.57. The second-order valence-corrected chi connectivity index (χ2v) is 5.05. The lowest BCUT2D eigenvalue weighted by molar-refractivity contribution is 0.0945. The summed E-state index contributed by atoms with van der Waals surface area (Å²) in [5.74, 6) is 0.226. The van der Waals surface area contributed by atoms with Crippen molar-refractivity contribution in [3.05, 3.63) is 52.9 Å². The van der Waals surface area contributed by atoms with Crippen LogP contribution < -0.4 is 10.1 Å². The molecule has 2 aromatic heterocycles. The minimum Gasteiger partial charge on any atom is -0.475 e. The molecule has 110 valence electrons. The summed E-state index contributed by atoms with van der Waals surface area (Å²) >= 11 is 5.77. The van der Waals surface area contributed by atoms with Crippen LogP contribution in [-0.4, -0.2) is 22.0 Å². The number of amides is 1. The predicted molar refractivity (Wildman–Crippen MR) is 80.4 cm³/mol. The Balaban J connectivity index is 2.04. The second-order valence-electron chi connectivity index (χ2n) is 4.66. The number of nitrogens with zero attached hydrogens (tertiary/aromatic N) is 2. The Morgan fingerprint density at radius 2 is 2.14 bits per heavy atom. The fourth-order valence-corrected chi connectivity index (χ4v) is 1.85. The molecule has 0 bridgehead atoms. The molecule has 0 spiro atoms. The van der Waals surface area contributed by atoms with Crippen molar-refractivity contribution in [3.63, 3.8) is 0 Å². The average molecular weight is 306 g/mol. The third kappa shape index (κ3) is 4.43. The largest absolute Gasteiger partial charge is 0.475 e.